The Hall–Kier alpha value is -2.64. The van der Waals surface area contributed by atoms with Crippen LogP contribution in [-0.2, 0) is 6.54 Å². The molecule has 0 spiro atoms. The smallest absolute Gasteiger partial charge is 0.387 e. The summed E-state index contributed by atoms with van der Waals surface area (Å²) >= 11 is 1.54. The number of anilines is 1. The van der Waals surface area contributed by atoms with E-state index in [1.165, 1.54) is 43.4 Å². The predicted molar refractivity (Wildman–Crippen MR) is 128 cm³/mol. The van der Waals surface area contributed by atoms with E-state index in [2.05, 4.69) is 17.4 Å². The van der Waals surface area contributed by atoms with Gasteiger partial charge in [-0.25, -0.2) is 4.79 Å². The van der Waals surface area contributed by atoms with Crippen LogP contribution in [0.5, 0.6) is 5.88 Å². The maximum absolute atomic E-state index is 12.8. The second-order valence-corrected chi connectivity index (χ2v) is 9.53. The van der Waals surface area contributed by atoms with Gasteiger partial charge in [0, 0.05) is 19.6 Å². The van der Waals surface area contributed by atoms with E-state index >= 15 is 0 Å². The van der Waals surface area contributed by atoms with Gasteiger partial charge in [-0.15, -0.1) is 11.3 Å². The Labute approximate surface area is 193 Å². The average molecular weight is 454 g/mol. The van der Waals surface area contributed by atoms with Crippen LogP contribution < -0.4 is 15.0 Å². The fourth-order valence-electron chi connectivity index (χ4n) is 4.38. The predicted octanol–water partition coefficient (Wildman–Crippen LogP) is 6.49. The largest absolute Gasteiger partial charge is 0.420 e. The second kappa shape index (κ2) is 10.8. The van der Waals surface area contributed by atoms with Crippen LogP contribution in [0, 0.1) is 5.92 Å². The molecule has 1 N–H and O–H groups in total. The van der Waals surface area contributed by atoms with Gasteiger partial charge < -0.3 is 14.6 Å². The zero-order valence-corrected chi connectivity index (χ0v) is 19.6. The number of benzene rings is 1. The number of para-hydroxylation sites is 1. The molecule has 170 valence electrons. The highest BCUT2D eigenvalue weighted by atomic mass is 32.1. The minimum Gasteiger partial charge on any atom is -0.387 e. The summed E-state index contributed by atoms with van der Waals surface area (Å²) < 4.78 is 10.8. The van der Waals surface area contributed by atoms with E-state index in [-0.39, 0.29) is 5.88 Å². The van der Waals surface area contributed by atoms with E-state index in [1.807, 2.05) is 41.8 Å². The molecule has 7 heteroatoms. The lowest BCUT2D eigenvalue weighted by Crippen LogP contribution is -2.32. The maximum Gasteiger partial charge on any atom is 0.420 e. The fourth-order valence-corrected chi connectivity index (χ4v) is 5.05. The number of nitrogens with one attached hydrogen (secondary N) is 1. The van der Waals surface area contributed by atoms with Crippen molar-refractivity contribution >= 4 is 23.1 Å². The van der Waals surface area contributed by atoms with Gasteiger partial charge in [0.1, 0.15) is 0 Å². The van der Waals surface area contributed by atoms with Crippen LogP contribution >= 0.6 is 11.3 Å². The Morgan fingerprint density at radius 2 is 2.06 bits per heavy atom. The van der Waals surface area contributed by atoms with Gasteiger partial charge in [0.2, 0.25) is 0 Å². The number of carbonyl (C=O) groups excluding carboxylic acids is 1. The van der Waals surface area contributed by atoms with Crippen LogP contribution in [0.1, 0.15) is 51.0 Å². The SMILES string of the molecule is C[C@@H](CC1CCCCC1)NCc1ccccc1N(C)C(=O)Oc1cc(-c2cccs2)on1. The number of nitrogens with zero attached hydrogens (tertiary/aromatic N) is 2. The molecule has 2 heterocycles. The van der Waals surface area contributed by atoms with Gasteiger partial charge in [-0.1, -0.05) is 56.4 Å². The monoisotopic (exact) mass is 453 g/mol. The number of hydrogen-bond acceptors (Lipinski definition) is 6. The van der Waals surface area contributed by atoms with Crippen LogP contribution in [0.3, 0.4) is 0 Å². The van der Waals surface area contributed by atoms with Crippen molar-refractivity contribution < 1.29 is 14.1 Å². The molecule has 1 aromatic carbocycles. The van der Waals surface area contributed by atoms with E-state index < -0.39 is 6.09 Å². The summed E-state index contributed by atoms with van der Waals surface area (Å²) in [6, 6.07) is 13.8. The lowest BCUT2D eigenvalue weighted by atomic mass is 9.85. The minimum atomic E-state index is -0.501. The van der Waals surface area contributed by atoms with Crippen molar-refractivity contribution in [3.63, 3.8) is 0 Å². The normalized spacial score (nSPS) is 15.4. The summed E-state index contributed by atoms with van der Waals surface area (Å²) in [6.07, 6.45) is 7.54. The molecular formula is C25H31N3O3S. The molecule has 0 aliphatic heterocycles. The summed E-state index contributed by atoms with van der Waals surface area (Å²) in [5.41, 5.74) is 1.87. The first-order chi connectivity index (χ1) is 15.6. The Balaban J connectivity index is 1.35. The molecule has 1 amide bonds. The number of aromatic nitrogens is 1. The third kappa shape index (κ3) is 5.78. The van der Waals surface area contributed by atoms with E-state index in [1.54, 1.807) is 24.5 Å². The number of amides is 1. The summed E-state index contributed by atoms with van der Waals surface area (Å²) in [5.74, 6) is 1.57. The van der Waals surface area contributed by atoms with Crippen molar-refractivity contribution in [1.82, 2.24) is 10.5 Å². The fraction of sp³-hybridized carbons (Fsp3) is 0.440. The number of carbonyl (C=O) groups is 1. The number of rotatable bonds is 8. The van der Waals surface area contributed by atoms with Crippen LogP contribution in [0.4, 0.5) is 10.5 Å². The second-order valence-electron chi connectivity index (χ2n) is 8.58. The molecule has 0 bridgehead atoms. The van der Waals surface area contributed by atoms with Crippen LogP contribution in [0.25, 0.3) is 10.6 Å². The van der Waals surface area contributed by atoms with Gasteiger partial charge in [0.25, 0.3) is 5.88 Å². The lowest BCUT2D eigenvalue weighted by Gasteiger charge is -2.26. The van der Waals surface area contributed by atoms with E-state index in [0.717, 1.165) is 22.0 Å². The minimum absolute atomic E-state index is 0.155. The van der Waals surface area contributed by atoms with Crippen LogP contribution in [0.2, 0.25) is 0 Å². The molecule has 6 nitrogen and oxygen atoms in total. The zero-order chi connectivity index (χ0) is 22.3. The van der Waals surface area contributed by atoms with Crippen molar-refractivity contribution in [2.75, 3.05) is 11.9 Å². The van der Waals surface area contributed by atoms with Crippen molar-refractivity contribution in [2.24, 2.45) is 5.92 Å². The molecule has 0 saturated heterocycles. The molecule has 1 atom stereocenters. The Morgan fingerprint density at radius 3 is 2.84 bits per heavy atom. The number of thiophene rings is 1. The topological polar surface area (TPSA) is 67.6 Å². The number of hydrogen-bond donors (Lipinski definition) is 1. The molecular weight excluding hydrogens is 422 g/mol. The molecule has 1 saturated carbocycles. The van der Waals surface area contributed by atoms with E-state index in [0.29, 0.717) is 18.3 Å². The van der Waals surface area contributed by atoms with E-state index in [9.17, 15) is 4.79 Å². The highest BCUT2D eigenvalue weighted by Crippen LogP contribution is 2.29. The van der Waals surface area contributed by atoms with Gasteiger partial charge in [-0.05, 0) is 47.5 Å². The van der Waals surface area contributed by atoms with Gasteiger partial charge in [-0.2, -0.15) is 0 Å². The number of ether oxygens (including phenoxy) is 1. The summed E-state index contributed by atoms with van der Waals surface area (Å²) in [7, 11) is 1.72. The quantitative estimate of drug-likeness (QED) is 0.422. The van der Waals surface area contributed by atoms with Crippen molar-refractivity contribution in [2.45, 2.75) is 58.0 Å². The Bertz CT molecular complexity index is 996. The molecule has 32 heavy (non-hydrogen) atoms. The van der Waals surface area contributed by atoms with Gasteiger partial charge >= 0.3 is 6.09 Å². The Morgan fingerprint density at radius 1 is 1.25 bits per heavy atom. The molecule has 1 aliphatic carbocycles. The van der Waals surface area contributed by atoms with Gasteiger partial charge in [0.05, 0.1) is 16.6 Å². The first-order valence-corrected chi connectivity index (χ1v) is 12.3. The molecule has 3 aromatic rings. The van der Waals surface area contributed by atoms with E-state index in [4.69, 9.17) is 9.26 Å². The lowest BCUT2D eigenvalue weighted by molar-refractivity contribution is 0.204. The Kier molecular flexibility index (Phi) is 7.60. The summed E-state index contributed by atoms with van der Waals surface area (Å²) in [6.45, 7) is 2.96. The van der Waals surface area contributed by atoms with Crippen molar-refractivity contribution in [1.29, 1.82) is 0 Å². The molecule has 0 unspecified atom stereocenters. The van der Waals surface area contributed by atoms with Crippen LogP contribution in [0.15, 0.2) is 52.4 Å². The first kappa shape index (κ1) is 22.6. The van der Waals surface area contributed by atoms with Crippen molar-refractivity contribution in [3.8, 4) is 16.5 Å². The maximum atomic E-state index is 12.8. The summed E-state index contributed by atoms with van der Waals surface area (Å²) in [5, 5.41) is 9.48. The average Bonchev–Trinajstić information content (AvgIpc) is 3.50. The van der Waals surface area contributed by atoms with Crippen LogP contribution in [-0.4, -0.2) is 24.3 Å². The molecule has 2 aromatic heterocycles. The molecule has 0 radical (unpaired) electrons. The van der Waals surface area contributed by atoms with Gasteiger partial charge in [0.15, 0.2) is 5.76 Å². The first-order valence-electron chi connectivity index (χ1n) is 11.4. The van der Waals surface area contributed by atoms with Gasteiger partial charge in [-0.3, -0.25) is 4.90 Å². The highest BCUT2D eigenvalue weighted by Gasteiger charge is 2.20. The van der Waals surface area contributed by atoms with Crippen molar-refractivity contribution in [3.05, 3.63) is 53.4 Å². The molecule has 4 rings (SSSR count). The molecule has 1 aliphatic rings. The third-order valence-corrected chi connectivity index (χ3v) is 7.01. The zero-order valence-electron chi connectivity index (χ0n) is 18.8. The molecule has 1 fully saturated rings. The summed E-state index contributed by atoms with van der Waals surface area (Å²) in [4.78, 5) is 15.2. The highest BCUT2D eigenvalue weighted by molar-refractivity contribution is 7.13. The third-order valence-electron chi connectivity index (χ3n) is 6.12. The standard InChI is InChI=1S/C25H31N3O3S/c1-18(15-19-9-4-3-5-10-19)26-17-20-11-6-7-12-21(20)28(2)25(29)30-24-16-22(31-27-24)23-13-8-14-32-23/h6-8,11-14,16,18-19,26H,3-5,9-10,15,17H2,1-2H3/t18-/m0/s1.